The first-order valence-corrected chi connectivity index (χ1v) is 4.38. The third-order valence-electron chi connectivity index (χ3n) is 1.49. The van der Waals surface area contributed by atoms with E-state index in [-0.39, 0.29) is 17.4 Å². The van der Waals surface area contributed by atoms with Crippen molar-refractivity contribution < 1.29 is 0 Å². The maximum absolute atomic E-state index is 5.43. The summed E-state index contributed by atoms with van der Waals surface area (Å²) in [7, 11) is 0. The fraction of sp³-hybridized carbons (Fsp3) is 0.625. The first kappa shape index (κ1) is 10.6. The van der Waals surface area contributed by atoms with Gasteiger partial charge >= 0.3 is 0 Å². The van der Waals surface area contributed by atoms with E-state index in [2.05, 4.69) is 41.0 Å². The summed E-state index contributed by atoms with van der Waals surface area (Å²) in [5.74, 6) is 0.872. The summed E-state index contributed by atoms with van der Waals surface area (Å²) in [5, 5.41) is 3.23. The minimum Gasteiger partial charge on any atom is -0.368 e. The van der Waals surface area contributed by atoms with Crippen molar-refractivity contribution in [2.45, 2.75) is 32.9 Å². The molecule has 0 saturated carbocycles. The number of nitrogens with one attached hydrogen (secondary N) is 1. The molecule has 0 aliphatic carbocycles. The lowest BCUT2D eigenvalue weighted by Gasteiger charge is -2.19. The zero-order chi connectivity index (χ0) is 10.8. The van der Waals surface area contributed by atoms with Crippen LogP contribution in [0.5, 0.6) is 0 Å². The molecule has 0 radical (unpaired) electrons. The maximum Gasteiger partial charge on any atom is 0.225 e. The summed E-state index contributed by atoms with van der Waals surface area (Å²) in [4.78, 5) is 11.6. The molecule has 0 amide bonds. The SMILES string of the molecule is CC(C)(C)NCc1nc(N)nc(N)n1. The molecule has 0 aliphatic heterocycles. The number of aromatic nitrogens is 3. The topological polar surface area (TPSA) is 103 Å². The third kappa shape index (κ3) is 3.53. The molecule has 0 bridgehead atoms. The van der Waals surface area contributed by atoms with Gasteiger partial charge in [0.1, 0.15) is 5.82 Å². The van der Waals surface area contributed by atoms with Crippen molar-refractivity contribution in [2.24, 2.45) is 0 Å². The van der Waals surface area contributed by atoms with E-state index in [4.69, 9.17) is 11.5 Å². The van der Waals surface area contributed by atoms with Gasteiger partial charge in [0.15, 0.2) is 0 Å². The van der Waals surface area contributed by atoms with Crippen LogP contribution in [0.1, 0.15) is 26.6 Å². The lowest BCUT2D eigenvalue weighted by molar-refractivity contribution is 0.417. The zero-order valence-electron chi connectivity index (χ0n) is 8.70. The molecule has 1 rings (SSSR count). The van der Waals surface area contributed by atoms with E-state index >= 15 is 0 Å². The number of hydrogen-bond donors (Lipinski definition) is 3. The minimum atomic E-state index is 0.0101. The van der Waals surface area contributed by atoms with Crippen molar-refractivity contribution in [2.75, 3.05) is 11.5 Å². The van der Waals surface area contributed by atoms with Gasteiger partial charge in [-0.3, -0.25) is 0 Å². The number of nitrogens with two attached hydrogens (primary N) is 2. The molecule has 0 fully saturated rings. The minimum absolute atomic E-state index is 0.0101. The average molecular weight is 196 g/mol. The summed E-state index contributed by atoms with van der Waals surface area (Å²) >= 11 is 0. The molecule has 0 aliphatic rings. The predicted octanol–water partition coefficient (Wildman–Crippen LogP) is -0.0759. The summed E-state index contributed by atoms with van der Waals surface area (Å²) < 4.78 is 0. The van der Waals surface area contributed by atoms with E-state index in [1.165, 1.54) is 0 Å². The highest BCUT2D eigenvalue weighted by Gasteiger charge is 2.10. The van der Waals surface area contributed by atoms with E-state index < -0.39 is 0 Å². The number of nitrogens with zero attached hydrogens (tertiary/aromatic N) is 3. The molecule has 1 aromatic rings. The van der Waals surface area contributed by atoms with Crippen LogP contribution in [0, 0.1) is 0 Å². The summed E-state index contributed by atoms with van der Waals surface area (Å²) in [6.07, 6.45) is 0. The lowest BCUT2D eigenvalue weighted by atomic mass is 10.1. The van der Waals surface area contributed by atoms with Gasteiger partial charge in [-0.2, -0.15) is 15.0 Å². The monoisotopic (exact) mass is 196 g/mol. The Kier molecular flexibility index (Phi) is 2.85. The smallest absolute Gasteiger partial charge is 0.225 e. The van der Waals surface area contributed by atoms with Gasteiger partial charge in [-0.15, -0.1) is 0 Å². The molecule has 6 nitrogen and oxygen atoms in total. The first-order chi connectivity index (χ1) is 6.37. The Labute approximate surface area is 83.1 Å². The Balaban J connectivity index is 2.68. The van der Waals surface area contributed by atoms with Crippen LogP contribution >= 0.6 is 0 Å². The number of hydrogen-bond acceptors (Lipinski definition) is 6. The number of rotatable bonds is 2. The number of nitrogen functional groups attached to an aromatic ring is 2. The van der Waals surface area contributed by atoms with E-state index in [0.717, 1.165) is 0 Å². The van der Waals surface area contributed by atoms with Crippen LogP contribution < -0.4 is 16.8 Å². The van der Waals surface area contributed by atoms with Gasteiger partial charge in [-0.05, 0) is 20.8 Å². The molecular formula is C8H16N6. The Bertz CT molecular complexity index is 296. The molecule has 78 valence electrons. The van der Waals surface area contributed by atoms with Crippen molar-refractivity contribution in [1.29, 1.82) is 0 Å². The molecule has 0 atom stereocenters. The van der Waals surface area contributed by atoms with Crippen LogP contribution in [0.15, 0.2) is 0 Å². The van der Waals surface area contributed by atoms with Crippen LogP contribution in [0.25, 0.3) is 0 Å². The van der Waals surface area contributed by atoms with Gasteiger partial charge in [0, 0.05) is 5.54 Å². The summed E-state index contributed by atoms with van der Waals surface area (Å²) in [6, 6.07) is 0. The zero-order valence-corrected chi connectivity index (χ0v) is 8.70. The Morgan fingerprint density at radius 1 is 1.07 bits per heavy atom. The molecule has 0 spiro atoms. The standard InChI is InChI=1S/C8H16N6/c1-8(2,3)11-4-5-12-6(9)14-7(10)13-5/h11H,4H2,1-3H3,(H4,9,10,12,13,14). The van der Waals surface area contributed by atoms with E-state index in [1.807, 2.05) is 0 Å². The van der Waals surface area contributed by atoms with Crippen molar-refractivity contribution in [1.82, 2.24) is 20.3 Å². The van der Waals surface area contributed by atoms with Gasteiger partial charge in [0.05, 0.1) is 6.54 Å². The van der Waals surface area contributed by atoms with Crippen molar-refractivity contribution in [3.63, 3.8) is 0 Å². The molecule has 1 aromatic heterocycles. The van der Waals surface area contributed by atoms with E-state index in [1.54, 1.807) is 0 Å². The highest BCUT2D eigenvalue weighted by molar-refractivity contribution is 5.25. The van der Waals surface area contributed by atoms with Gasteiger partial charge in [0.25, 0.3) is 0 Å². The molecule has 0 aromatic carbocycles. The molecule has 0 saturated heterocycles. The third-order valence-corrected chi connectivity index (χ3v) is 1.49. The Morgan fingerprint density at radius 2 is 1.57 bits per heavy atom. The fourth-order valence-corrected chi connectivity index (χ4v) is 0.880. The molecule has 1 heterocycles. The molecular weight excluding hydrogens is 180 g/mol. The fourth-order valence-electron chi connectivity index (χ4n) is 0.880. The van der Waals surface area contributed by atoms with E-state index in [0.29, 0.717) is 12.4 Å². The van der Waals surface area contributed by atoms with Crippen molar-refractivity contribution in [3.8, 4) is 0 Å². The largest absolute Gasteiger partial charge is 0.368 e. The van der Waals surface area contributed by atoms with Crippen LogP contribution in [-0.2, 0) is 6.54 Å². The highest BCUT2D eigenvalue weighted by atomic mass is 15.2. The van der Waals surface area contributed by atoms with Crippen LogP contribution in [-0.4, -0.2) is 20.5 Å². The maximum atomic E-state index is 5.43. The number of anilines is 2. The first-order valence-electron chi connectivity index (χ1n) is 4.38. The van der Waals surface area contributed by atoms with Crippen LogP contribution in [0.3, 0.4) is 0 Å². The highest BCUT2D eigenvalue weighted by Crippen LogP contribution is 2.02. The van der Waals surface area contributed by atoms with Gasteiger partial charge in [0.2, 0.25) is 11.9 Å². The second kappa shape index (κ2) is 3.75. The lowest BCUT2D eigenvalue weighted by Crippen LogP contribution is -2.35. The molecule has 5 N–H and O–H groups in total. The van der Waals surface area contributed by atoms with Crippen molar-refractivity contribution in [3.05, 3.63) is 5.82 Å². The summed E-state index contributed by atoms with van der Waals surface area (Å²) in [5.41, 5.74) is 10.9. The van der Waals surface area contributed by atoms with Crippen molar-refractivity contribution >= 4 is 11.9 Å². The molecule has 14 heavy (non-hydrogen) atoms. The van der Waals surface area contributed by atoms with E-state index in [9.17, 15) is 0 Å². The molecule has 0 unspecified atom stereocenters. The second-order valence-corrected chi connectivity index (χ2v) is 4.07. The van der Waals surface area contributed by atoms with Gasteiger partial charge < -0.3 is 16.8 Å². The van der Waals surface area contributed by atoms with Gasteiger partial charge in [-0.25, -0.2) is 0 Å². The van der Waals surface area contributed by atoms with Crippen LogP contribution in [0.4, 0.5) is 11.9 Å². The van der Waals surface area contributed by atoms with Crippen LogP contribution in [0.2, 0.25) is 0 Å². The quantitative estimate of drug-likeness (QED) is 0.611. The molecule has 6 heteroatoms. The summed E-state index contributed by atoms with van der Waals surface area (Å²) in [6.45, 7) is 6.70. The Hall–Kier alpha value is -1.43. The predicted molar refractivity (Wildman–Crippen MR) is 55.2 cm³/mol. The second-order valence-electron chi connectivity index (χ2n) is 4.07. The normalized spacial score (nSPS) is 11.6. The average Bonchev–Trinajstić information content (AvgIpc) is 1.97. The van der Waals surface area contributed by atoms with Gasteiger partial charge in [-0.1, -0.05) is 0 Å². The Morgan fingerprint density at radius 3 is 2.00 bits per heavy atom.